The lowest BCUT2D eigenvalue weighted by molar-refractivity contribution is -0.109. The minimum atomic E-state index is -0.443. The zero-order valence-corrected chi connectivity index (χ0v) is 11.8. The standard InChI is InChI=1S/C12H13NO3S2/c1-3-16-12(15)11-10(18-8-13-11)6-4-5-7-17-9(2)14/h8H,3,5,7H2,1-2H3. The molecule has 0 aromatic carbocycles. The van der Waals surface area contributed by atoms with Crippen LogP contribution in [-0.2, 0) is 9.53 Å². The van der Waals surface area contributed by atoms with Crippen molar-refractivity contribution in [1.29, 1.82) is 0 Å². The first kappa shape index (κ1) is 14.7. The van der Waals surface area contributed by atoms with Crippen molar-refractivity contribution in [3.05, 3.63) is 16.1 Å². The molecule has 1 heterocycles. The summed E-state index contributed by atoms with van der Waals surface area (Å²) in [5.41, 5.74) is 1.84. The summed E-state index contributed by atoms with van der Waals surface area (Å²) in [4.78, 5) is 26.8. The van der Waals surface area contributed by atoms with Crippen molar-refractivity contribution in [3.8, 4) is 11.8 Å². The van der Waals surface area contributed by atoms with Crippen molar-refractivity contribution in [1.82, 2.24) is 4.98 Å². The van der Waals surface area contributed by atoms with Crippen molar-refractivity contribution in [3.63, 3.8) is 0 Å². The van der Waals surface area contributed by atoms with Gasteiger partial charge in [0.2, 0.25) is 0 Å². The summed E-state index contributed by atoms with van der Waals surface area (Å²) >= 11 is 2.55. The number of carbonyl (C=O) groups excluding carboxylic acids is 2. The van der Waals surface area contributed by atoms with Crippen LogP contribution in [0.5, 0.6) is 0 Å². The minimum Gasteiger partial charge on any atom is -0.461 e. The van der Waals surface area contributed by atoms with Crippen molar-refractivity contribution in [2.24, 2.45) is 0 Å². The molecule has 0 spiro atoms. The molecule has 1 aromatic heterocycles. The summed E-state index contributed by atoms with van der Waals surface area (Å²) in [6.07, 6.45) is 0.602. The zero-order valence-electron chi connectivity index (χ0n) is 10.2. The van der Waals surface area contributed by atoms with Gasteiger partial charge in [-0.2, -0.15) is 0 Å². The molecule has 0 unspecified atom stereocenters. The number of hydrogen-bond donors (Lipinski definition) is 0. The average molecular weight is 283 g/mol. The molecule has 0 radical (unpaired) electrons. The summed E-state index contributed by atoms with van der Waals surface area (Å²) in [6.45, 7) is 3.59. The van der Waals surface area contributed by atoms with Crippen molar-refractivity contribution in [2.45, 2.75) is 20.3 Å². The third-order valence-electron chi connectivity index (χ3n) is 1.77. The molecule has 0 N–H and O–H groups in total. The molecule has 1 rings (SSSR count). The van der Waals surface area contributed by atoms with Crippen LogP contribution in [-0.4, -0.2) is 28.4 Å². The number of nitrogens with zero attached hydrogens (tertiary/aromatic N) is 1. The molecule has 0 bridgehead atoms. The molecule has 96 valence electrons. The summed E-state index contributed by atoms with van der Waals surface area (Å²) in [5, 5.41) is 0.0850. The highest BCUT2D eigenvalue weighted by Crippen LogP contribution is 2.13. The van der Waals surface area contributed by atoms with Crippen molar-refractivity contribution in [2.75, 3.05) is 12.4 Å². The van der Waals surface area contributed by atoms with Crippen LogP contribution in [0.15, 0.2) is 5.51 Å². The number of esters is 1. The molecule has 0 amide bonds. The van der Waals surface area contributed by atoms with E-state index in [2.05, 4.69) is 16.8 Å². The number of rotatable bonds is 4. The Morgan fingerprint density at radius 3 is 3.00 bits per heavy atom. The maximum Gasteiger partial charge on any atom is 0.359 e. The Morgan fingerprint density at radius 2 is 2.33 bits per heavy atom. The van der Waals surface area contributed by atoms with Crippen LogP contribution >= 0.6 is 23.1 Å². The Balaban J connectivity index is 2.57. The molecule has 0 aliphatic heterocycles. The Kier molecular flexibility index (Phi) is 6.47. The van der Waals surface area contributed by atoms with Crippen molar-refractivity contribution >= 4 is 34.2 Å². The van der Waals surface area contributed by atoms with Gasteiger partial charge in [-0.05, 0) is 6.92 Å². The van der Waals surface area contributed by atoms with Crippen LogP contribution in [0.2, 0.25) is 0 Å². The number of hydrogen-bond acceptors (Lipinski definition) is 6. The molecule has 4 nitrogen and oxygen atoms in total. The van der Waals surface area contributed by atoms with Gasteiger partial charge in [0.25, 0.3) is 0 Å². The largest absolute Gasteiger partial charge is 0.461 e. The average Bonchev–Trinajstić information content (AvgIpc) is 2.77. The SMILES string of the molecule is CCOC(=O)c1ncsc1C#CCCSC(C)=O. The van der Waals surface area contributed by atoms with E-state index in [-0.39, 0.29) is 10.8 Å². The quantitative estimate of drug-likeness (QED) is 0.482. The smallest absolute Gasteiger partial charge is 0.359 e. The van der Waals surface area contributed by atoms with Gasteiger partial charge >= 0.3 is 5.97 Å². The van der Waals surface area contributed by atoms with E-state index in [4.69, 9.17) is 4.74 Å². The van der Waals surface area contributed by atoms with Crippen LogP contribution in [0.3, 0.4) is 0 Å². The second kappa shape index (κ2) is 7.90. The lowest BCUT2D eigenvalue weighted by Crippen LogP contribution is -2.06. The van der Waals surface area contributed by atoms with Gasteiger partial charge in [0, 0.05) is 19.1 Å². The number of thiazole rings is 1. The number of carbonyl (C=O) groups is 2. The third kappa shape index (κ3) is 4.90. The monoisotopic (exact) mass is 283 g/mol. The third-order valence-corrected chi connectivity index (χ3v) is 3.33. The number of ether oxygens (including phenoxy) is 1. The van der Waals surface area contributed by atoms with E-state index in [1.54, 1.807) is 12.4 Å². The summed E-state index contributed by atoms with van der Waals surface area (Å²) in [7, 11) is 0. The van der Waals surface area contributed by atoms with Crippen LogP contribution in [0, 0.1) is 11.8 Å². The molecule has 6 heteroatoms. The molecule has 0 aliphatic carbocycles. The molecule has 0 atom stereocenters. The highest BCUT2D eigenvalue weighted by molar-refractivity contribution is 8.13. The van der Waals surface area contributed by atoms with E-state index in [1.165, 1.54) is 30.0 Å². The second-order valence-electron chi connectivity index (χ2n) is 3.14. The fourth-order valence-corrected chi connectivity index (χ4v) is 2.20. The van der Waals surface area contributed by atoms with Crippen molar-refractivity contribution < 1.29 is 14.3 Å². The van der Waals surface area contributed by atoms with Gasteiger partial charge in [-0.15, -0.1) is 11.3 Å². The van der Waals surface area contributed by atoms with Gasteiger partial charge in [0.15, 0.2) is 10.8 Å². The van der Waals surface area contributed by atoms with Gasteiger partial charge in [-0.1, -0.05) is 23.6 Å². The predicted octanol–water partition coefficient (Wildman–Crippen LogP) is 2.34. The summed E-state index contributed by atoms with van der Waals surface area (Å²) in [6, 6.07) is 0. The molecule has 18 heavy (non-hydrogen) atoms. The van der Waals surface area contributed by atoms with E-state index < -0.39 is 5.97 Å². The number of aromatic nitrogens is 1. The lowest BCUT2D eigenvalue weighted by Gasteiger charge is -1.97. The maximum atomic E-state index is 11.5. The van der Waals surface area contributed by atoms with Gasteiger partial charge in [-0.25, -0.2) is 9.78 Å². The van der Waals surface area contributed by atoms with E-state index >= 15 is 0 Å². The molecule has 1 aromatic rings. The Hall–Kier alpha value is -1.32. The first-order valence-electron chi connectivity index (χ1n) is 5.38. The van der Waals surface area contributed by atoms with E-state index in [0.29, 0.717) is 23.7 Å². The highest BCUT2D eigenvalue weighted by atomic mass is 32.2. The number of thioether (sulfide) groups is 1. The molecular formula is C12H13NO3S2. The van der Waals surface area contributed by atoms with Crippen LogP contribution in [0.25, 0.3) is 0 Å². The fourth-order valence-electron chi connectivity index (χ4n) is 1.07. The minimum absolute atomic E-state index is 0.0850. The molecule has 0 saturated carbocycles. The van der Waals surface area contributed by atoms with Gasteiger partial charge in [-0.3, -0.25) is 4.79 Å². The van der Waals surface area contributed by atoms with Crippen LogP contribution in [0.1, 0.15) is 35.6 Å². The van der Waals surface area contributed by atoms with E-state index in [0.717, 1.165) is 0 Å². The van der Waals surface area contributed by atoms with Gasteiger partial charge in [0.05, 0.1) is 12.1 Å². The van der Waals surface area contributed by atoms with Gasteiger partial charge < -0.3 is 4.74 Å². The normalized spacial score (nSPS) is 9.44. The first-order valence-corrected chi connectivity index (χ1v) is 7.24. The molecule has 0 fully saturated rings. The van der Waals surface area contributed by atoms with Crippen LogP contribution < -0.4 is 0 Å². The lowest BCUT2D eigenvalue weighted by atomic mass is 10.3. The summed E-state index contributed by atoms with van der Waals surface area (Å²) < 4.78 is 4.87. The van der Waals surface area contributed by atoms with E-state index in [9.17, 15) is 9.59 Å². The first-order chi connectivity index (χ1) is 8.65. The van der Waals surface area contributed by atoms with Gasteiger partial charge in [0.1, 0.15) is 4.88 Å². The Morgan fingerprint density at radius 1 is 1.56 bits per heavy atom. The summed E-state index contributed by atoms with van der Waals surface area (Å²) in [5.74, 6) is 6.03. The molecule has 0 saturated heterocycles. The van der Waals surface area contributed by atoms with E-state index in [1.807, 2.05) is 0 Å². The Labute approximate surface area is 114 Å². The fraction of sp³-hybridized carbons (Fsp3) is 0.417. The predicted molar refractivity (Wildman–Crippen MR) is 72.7 cm³/mol. The second-order valence-corrected chi connectivity index (χ2v) is 5.27. The molecule has 0 aliphatic rings. The Bertz CT molecular complexity index is 485. The molecular weight excluding hydrogens is 270 g/mol. The zero-order chi connectivity index (χ0) is 13.4. The topological polar surface area (TPSA) is 56.3 Å². The van der Waals surface area contributed by atoms with Crippen LogP contribution in [0.4, 0.5) is 0 Å². The highest BCUT2D eigenvalue weighted by Gasteiger charge is 2.14. The maximum absolute atomic E-state index is 11.5.